The van der Waals surface area contributed by atoms with E-state index in [9.17, 15) is 9.59 Å². The van der Waals surface area contributed by atoms with Crippen LogP contribution in [0.1, 0.15) is 16.7 Å². The normalized spacial score (nSPS) is 16.5. The van der Waals surface area contributed by atoms with Crippen LogP contribution in [0.5, 0.6) is 0 Å². The largest absolute Gasteiger partial charge is 0.298 e. The van der Waals surface area contributed by atoms with Crippen molar-refractivity contribution in [2.45, 2.75) is 13.8 Å². The fourth-order valence-electron chi connectivity index (χ4n) is 2.37. The molecule has 3 rings (SSSR count). The van der Waals surface area contributed by atoms with Gasteiger partial charge in [0.2, 0.25) is 0 Å². The highest BCUT2D eigenvalue weighted by Crippen LogP contribution is 2.37. The number of halogens is 1. The molecule has 1 saturated heterocycles. The molecule has 1 aliphatic rings. The van der Waals surface area contributed by atoms with E-state index in [1.807, 2.05) is 50.2 Å². The molecular weight excluding hydrogens is 330 g/mol. The van der Waals surface area contributed by atoms with Gasteiger partial charge in [-0.3, -0.25) is 9.59 Å². The lowest BCUT2D eigenvalue weighted by atomic mass is 10.1. The van der Waals surface area contributed by atoms with Crippen LogP contribution in [-0.4, -0.2) is 11.1 Å². The van der Waals surface area contributed by atoms with Crippen LogP contribution < -0.4 is 4.90 Å². The van der Waals surface area contributed by atoms with E-state index < -0.39 is 0 Å². The van der Waals surface area contributed by atoms with Crippen LogP contribution in [0.2, 0.25) is 5.02 Å². The molecule has 0 saturated carbocycles. The van der Waals surface area contributed by atoms with Gasteiger partial charge in [-0.25, -0.2) is 4.90 Å². The molecule has 23 heavy (non-hydrogen) atoms. The summed E-state index contributed by atoms with van der Waals surface area (Å²) in [4.78, 5) is 26.6. The molecule has 0 spiro atoms. The topological polar surface area (TPSA) is 37.4 Å². The van der Waals surface area contributed by atoms with E-state index in [-0.39, 0.29) is 11.1 Å². The molecule has 2 amide bonds. The summed E-state index contributed by atoms with van der Waals surface area (Å²) in [5.41, 5.74) is 3.24. The number of aryl methyl sites for hydroxylation is 2. The summed E-state index contributed by atoms with van der Waals surface area (Å²) >= 11 is 7.06. The van der Waals surface area contributed by atoms with Gasteiger partial charge in [0.05, 0.1) is 10.6 Å². The molecule has 5 heteroatoms. The minimum absolute atomic E-state index is 0.290. The number of imide groups is 1. The Morgan fingerprint density at radius 2 is 1.83 bits per heavy atom. The van der Waals surface area contributed by atoms with Gasteiger partial charge in [-0.1, -0.05) is 41.9 Å². The third-order valence-corrected chi connectivity index (χ3v) is 4.80. The molecule has 2 aromatic rings. The Labute approximate surface area is 143 Å². The Balaban J connectivity index is 2.01. The third kappa shape index (κ3) is 3.05. The van der Waals surface area contributed by atoms with Crippen molar-refractivity contribution in [3.8, 4) is 0 Å². The molecular formula is C18H14ClNO2S. The van der Waals surface area contributed by atoms with Crippen molar-refractivity contribution >= 4 is 46.3 Å². The minimum atomic E-state index is -0.311. The number of nitrogens with zero attached hydrogens (tertiary/aromatic N) is 1. The molecule has 1 aliphatic heterocycles. The van der Waals surface area contributed by atoms with Crippen LogP contribution in [0.3, 0.4) is 0 Å². The van der Waals surface area contributed by atoms with Gasteiger partial charge in [0.1, 0.15) is 0 Å². The first kappa shape index (κ1) is 15.8. The molecule has 1 fully saturated rings. The van der Waals surface area contributed by atoms with E-state index in [1.54, 1.807) is 12.1 Å². The van der Waals surface area contributed by atoms with Crippen LogP contribution in [0.25, 0.3) is 6.08 Å². The highest BCUT2D eigenvalue weighted by atomic mass is 35.5. The average Bonchev–Trinajstić information content (AvgIpc) is 2.79. The van der Waals surface area contributed by atoms with Crippen molar-refractivity contribution < 1.29 is 9.59 Å². The zero-order chi connectivity index (χ0) is 16.6. The van der Waals surface area contributed by atoms with E-state index in [4.69, 9.17) is 11.6 Å². The number of carbonyl (C=O) groups is 2. The molecule has 0 aromatic heterocycles. The van der Waals surface area contributed by atoms with Crippen LogP contribution in [0.4, 0.5) is 10.5 Å². The number of hydrogen-bond donors (Lipinski definition) is 0. The smallest absolute Gasteiger partial charge is 0.268 e. The zero-order valence-electron chi connectivity index (χ0n) is 12.7. The average molecular weight is 344 g/mol. The first-order chi connectivity index (χ1) is 11.0. The Morgan fingerprint density at radius 1 is 1.09 bits per heavy atom. The number of amides is 2. The zero-order valence-corrected chi connectivity index (χ0v) is 14.2. The van der Waals surface area contributed by atoms with Gasteiger partial charge in [0, 0.05) is 5.02 Å². The molecule has 0 unspecified atom stereocenters. The number of carbonyl (C=O) groups excluding carboxylic acids is 2. The van der Waals surface area contributed by atoms with Gasteiger partial charge in [0.15, 0.2) is 0 Å². The van der Waals surface area contributed by atoms with Crippen LogP contribution in [-0.2, 0) is 4.79 Å². The molecule has 116 valence electrons. The summed E-state index contributed by atoms with van der Waals surface area (Å²) in [6.07, 6.45) is 1.67. The molecule has 2 aromatic carbocycles. The van der Waals surface area contributed by atoms with Crippen molar-refractivity contribution in [3.63, 3.8) is 0 Å². The first-order valence-corrected chi connectivity index (χ1v) is 8.26. The number of rotatable bonds is 2. The predicted molar refractivity (Wildman–Crippen MR) is 95.8 cm³/mol. The maximum atomic E-state index is 12.7. The Kier molecular flexibility index (Phi) is 4.28. The molecule has 0 aliphatic carbocycles. The lowest BCUT2D eigenvalue weighted by Gasteiger charge is -2.16. The Bertz CT molecular complexity index is 845. The summed E-state index contributed by atoms with van der Waals surface area (Å²) in [6, 6.07) is 12.9. The summed E-state index contributed by atoms with van der Waals surface area (Å²) in [5.74, 6) is -0.311. The summed E-state index contributed by atoms with van der Waals surface area (Å²) < 4.78 is 0. The number of hydrogen-bond acceptors (Lipinski definition) is 3. The lowest BCUT2D eigenvalue weighted by Crippen LogP contribution is -2.28. The summed E-state index contributed by atoms with van der Waals surface area (Å²) in [6.45, 7) is 3.82. The van der Waals surface area contributed by atoms with E-state index >= 15 is 0 Å². The molecule has 0 N–H and O–H groups in total. The first-order valence-electron chi connectivity index (χ1n) is 7.07. The van der Waals surface area contributed by atoms with Gasteiger partial charge in [-0.2, -0.15) is 0 Å². The lowest BCUT2D eigenvalue weighted by molar-refractivity contribution is -0.113. The predicted octanol–water partition coefficient (Wildman–Crippen LogP) is 5.20. The van der Waals surface area contributed by atoms with Gasteiger partial charge < -0.3 is 0 Å². The van der Waals surface area contributed by atoms with E-state index in [0.29, 0.717) is 15.6 Å². The van der Waals surface area contributed by atoms with E-state index in [0.717, 1.165) is 28.5 Å². The van der Waals surface area contributed by atoms with E-state index in [2.05, 4.69) is 0 Å². The second-order valence-electron chi connectivity index (χ2n) is 5.33. The van der Waals surface area contributed by atoms with Crippen LogP contribution in [0, 0.1) is 13.8 Å². The fraction of sp³-hybridized carbons (Fsp3) is 0.111. The quantitative estimate of drug-likeness (QED) is 0.703. The maximum Gasteiger partial charge on any atom is 0.298 e. The molecule has 0 bridgehead atoms. The standard InChI is InChI=1S/C18H14ClNO2S/c1-11-7-8-12(2)15(9-11)20-17(21)16(23-18(20)22)10-13-5-3-4-6-14(13)19/h3-10H,1-2H3/b16-10-. The van der Waals surface area contributed by atoms with Crippen molar-refractivity contribution in [1.82, 2.24) is 0 Å². The van der Waals surface area contributed by atoms with Gasteiger partial charge in [-0.05, 0) is 60.5 Å². The molecule has 1 heterocycles. The molecule has 3 nitrogen and oxygen atoms in total. The van der Waals surface area contributed by atoms with Crippen LogP contribution in [0.15, 0.2) is 47.4 Å². The van der Waals surface area contributed by atoms with Gasteiger partial charge in [0.25, 0.3) is 11.1 Å². The minimum Gasteiger partial charge on any atom is -0.268 e. The number of benzene rings is 2. The summed E-state index contributed by atoms with van der Waals surface area (Å²) in [7, 11) is 0. The third-order valence-electron chi connectivity index (χ3n) is 3.59. The molecule has 0 atom stereocenters. The van der Waals surface area contributed by atoms with Crippen molar-refractivity contribution in [3.05, 3.63) is 69.1 Å². The van der Waals surface area contributed by atoms with Crippen molar-refractivity contribution in [1.29, 1.82) is 0 Å². The SMILES string of the molecule is Cc1ccc(C)c(N2C(=O)S/C(=C\c3ccccc3Cl)C2=O)c1. The van der Waals surface area contributed by atoms with Crippen LogP contribution >= 0.6 is 23.4 Å². The van der Waals surface area contributed by atoms with Crippen molar-refractivity contribution in [2.75, 3.05) is 4.90 Å². The second-order valence-corrected chi connectivity index (χ2v) is 6.73. The Hall–Kier alpha value is -2.04. The van der Waals surface area contributed by atoms with Gasteiger partial charge in [-0.15, -0.1) is 0 Å². The number of anilines is 1. The van der Waals surface area contributed by atoms with E-state index in [1.165, 1.54) is 4.90 Å². The fourth-order valence-corrected chi connectivity index (χ4v) is 3.38. The molecule has 0 radical (unpaired) electrons. The maximum absolute atomic E-state index is 12.7. The number of thioether (sulfide) groups is 1. The van der Waals surface area contributed by atoms with Crippen molar-refractivity contribution in [2.24, 2.45) is 0 Å². The summed E-state index contributed by atoms with van der Waals surface area (Å²) in [5, 5.41) is 0.257. The Morgan fingerprint density at radius 3 is 2.57 bits per heavy atom. The highest BCUT2D eigenvalue weighted by Gasteiger charge is 2.37. The second kappa shape index (κ2) is 6.22. The highest BCUT2D eigenvalue weighted by molar-refractivity contribution is 8.19. The monoisotopic (exact) mass is 343 g/mol. The van der Waals surface area contributed by atoms with Gasteiger partial charge >= 0.3 is 0 Å².